The van der Waals surface area contributed by atoms with Crippen molar-refractivity contribution in [2.75, 3.05) is 13.7 Å². The van der Waals surface area contributed by atoms with Gasteiger partial charge in [0.15, 0.2) is 11.5 Å². The summed E-state index contributed by atoms with van der Waals surface area (Å²) in [6, 6.07) is 5.32. The first kappa shape index (κ1) is 12.9. The molecule has 0 amide bonds. The quantitative estimate of drug-likeness (QED) is 0.871. The van der Waals surface area contributed by atoms with Crippen molar-refractivity contribution < 1.29 is 9.84 Å². The summed E-state index contributed by atoms with van der Waals surface area (Å²) < 4.78 is 5.02. The molecule has 2 rings (SSSR count). The van der Waals surface area contributed by atoms with Gasteiger partial charge in [0.05, 0.1) is 7.11 Å². The number of hydrogen-bond acceptors (Lipinski definition) is 5. The minimum Gasteiger partial charge on any atom is -0.504 e. The summed E-state index contributed by atoms with van der Waals surface area (Å²) in [6.07, 6.45) is 1.87. The average molecular weight is 264 g/mol. The van der Waals surface area contributed by atoms with E-state index < -0.39 is 0 Å². The van der Waals surface area contributed by atoms with Crippen molar-refractivity contribution in [2.24, 2.45) is 0 Å². The normalized spacial score (nSPS) is 10.6. The second-order valence-corrected chi connectivity index (χ2v) is 4.91. The molecule has 2 N–H and O–H groups in total. The van der Waals surface area contributed by atoms with Crippen molar-refractivity contribution in [2.45, 2.75) is 13.5 Å². The summed E-state index contributed by atoms with van der Waals surface area (Å²) in [6.45, 7) is 3.84. The van der Waals surface area contributed by atoms with Crippen LogP contribution in [-0.4, -0.2) is 23.7 Å². The fourth-order valence-electron chi connectivity index (χ4n) is 1.59. The van der Waals surface area contributed by atoms with Gasteiger partial charge in [-0.05, 0) is 24.7 Å². The van der Waals surface area contributed by atoms with Gasteiger partial charge in [0, 0.05) is 23.2 Å². The first-order valence-corrected chi connectivity index (χ1v) is 6.59. The Kier molecular flexibility index (Phi) is 4.17. The first-order chi connectivity index (χ1) is 8.74. The minimum absolute atomic E-state index is 0.137. The Balaban J connectivity index is 2.20. The van der Waals surface area contributed by atoms with Crippen LogP contribution in [0, 0.1) is 0 Å². The lowest BCUT2D eigenvalue weighted by molar-refractivity contribution is 0.373. The summed E-state index contributed by atoms with van der Waals surface area (Å²) in [5, 5.41) is 13.9. The second-order valence-electron chi connectivity index (χ2n) is 3.80. The topological polar surface area (TPSA) is 54.4 Å². The number of nitrogens with zero attached hydrogens (tertiary/aromatic N) is 1. The van der Waals surface area contributed by atoms with Gasteiger partial charge in [-0.2, -0.15) is 0 Å². The van der Waals surface area contributed by atoms with Crippen molar-refractivity contribution in [1.29, 1.82) is 0 Å². The highest BCUT2D eigenvalue weighted by molar-refractivity contribution is 7.15. The molecule has 1 aromatic carbocycles. The van der Waals surface area contributed by atoms with Gasteiger partial charge in [0.25, 0.3) is 0 Å². The standard InChI is InChI=1S/C13H16N2O2S/c1-3-14-7-10-8-15-13(18-10)9-4-5-12(17-2)11(16)6-9/h4-6,8,14,16H,3,7H2,1-2H3. The number of aromatic nitrogens is 1. The zero-order valence-corrected chi connectivity index (χ0v) is 11.3. The third-order valence-electron chi connectivity index (χ3n) is 2.53. The lowest BCUT2D eigenvalue weighted by Crippen LogP contribution is -2.10. The molecule has 0 aliphatic heterocycles. The number of rotatable bonds is 5. The highest BCUT2D eigenvalue weighted by Gasteiger charge is 2.08. The van der Waals surface area contributed by atoms with E-state index in [1.54, 1.807) is 23.5 Å². The van der Waals surface area contributed by atoms with Crippen molar-refractivity contribution >= 4 is 11.3 Å². The Morgan fingerprint density at radius 3 is 2.94 bits per heavy atom. The number of phenols is 1. The van der Waals surface area contributed by atoms with Crippen molar-refractivity contribution in [3.05, 3.63) is 29.3 Å². The maximum atomic E-state index is 9.74. The fourth-order valence-corrected chi connectivity index (χ4v) is 2.47. The zero-order chi connectivity index (χ0) is 13.0. The van der Waals surface area contributed by atoms with Gasteiger partial charge in [-0.15, -0.1) is 11.3 Å². The number of methoxy groups -OCH3 is 1. The molecule has 0 fully saturated rings. The predicted molar refractivity (Wildman–Crippen MR) is 73.1 cm³/mol. The number of nitrogens with one attached hydrogen (secondary N) is 1. The van der Waals surface area contributed by atoms with Gasteiger partial charge >= 0.3 is 0 Å². The van der Waals surface area contributed by atoms with Crippen LogP contribution in [0.3, 0.4) is 0 Å². The molecular formula is C13H16N2O2S. The molecule has 0 aliphatic rings. The van der Waals surface area contributed by atoms with Gasteiger partial charge in [-0.25, -0.2) is 4.98 Å². The summed E-state index contributed by atoms with van der Waals surface area (Å²) in [5.74, 6) is 0.613. The maximum Gasteiger partial charge on any atom is 0.160 e. The van der Waals surface area contributed by atoms with Crippen LogP contribution in [0.1, 0.15) is 11.8 Å². The zero-order valence-electron chi connectivity index (χ0n) is 10.4. The van der Waals surface area contributed by atoms with Crippen LogP contribution in [0.5, 0.6) is 11.5 Å². The second kappa shape index (κ2) is 5.84. The first-order valence-electron chi connectivity index (χ1n) is 5.77. The predicted octanol–water partition coefficient (Wildman–Crippen LogP) is 2.63. The molecule has 0 saturated heterocycles. The van der Waals surface area contributed by atoms with Crippen molar-refractivity contribution in [1.82, 2.24) is 10.3 Å². The van der Waals surface area contributed by atoms with Gasteiger partial charge in [0.1, 0.15) is 5.01 Å². The Labute approximate surface area is 110 Å². The van der Waals surface area contributed by atoms with E-state index in [-0.39, 0.29) is 5.75 Å². The van der Waals surface area contributed by atoms with Crippen LogP contribution in [-0.2, 0) is 6.54 Å². The molecule has 0 saturated carbocycles. The van der Waals surface area contributed by atoms with Crippen LogP contribution < -0.4 is 10.1 Å². The lowest BCUT2D eigenvalue weighted by Gasteiger charge is -2.04. The lowest BCUT2D eigenvalue weighted by atomic mass is 10.2. The Bertz CT molecular complexity index is 525. The van der Waals surface area contributed by atoms with Crippen LogP contribution in [0.15, 0.2) is 24.4 Å². The Morgan fingerprint density at radius 1 is 1.44 bits per heavy atom. The third-order valence-corrected chi connectivity index (χ3v) is 3.57. The number of aromatic hydroxyl groups is 1. The van der Waals surface area contributed by atoms with Gasteiger partial charge in [-0.1, -0.05) is 6.92 Å². The number of benzene rings is 1. The molecule has 5 heteroatoms. The molecule has 4 nitrogen and oxygen atoms in total. The number of hydrogen-bond donors (Lipinski definition) is 2. The molecule has 96 valence electrons. The number of thiazole rings is 1. The summed E-state index contributed by atoms with van der Waals surface area (Å²) in [5.41, 5.74) is 0.904. The summed E-state index contributed by atoms with van der Waals surface area (Å²) in [4.78, 5) is 5.55. The molecule has 18 heavy (non-hydrogen) atoms. The van der Waals surface area contributed by atoms with E-state index in [0.29, 0.717) is 5.75 Å². The van der Waals surface area contributed by atoms with Crippen LogP contribution in [0.2, 0.25) is 0 Å². The maximum absolute atomic E-state index is 9.74. The van der Waals surface area contributed by atoms with Crippen LogP contribution in [0.4, 0.5) is 0 Å². The van der Waals surface area contributed by atoms with Crippen LogP contribution >= 0.6 is 11.3 Å². The molecule has 0 atom stereocenters. The van der Waals surface area contributed by atoms with Crippen molar-refractivity contribution in [3.63, 3.8) is 0 Å². The van der Waals surface area contributed by atoms with Gasteiger partial charge in [0.2, 0.25) is 0 Å². The van der Waals surface area contributed by atoms with E-state index in [2.05, 4.69) is 17.2 Å². The van der Waals surface area contributed by atoms with E-state index in [9.17, 15) is 5.11 Å². The molecule has 0 unspecified atom stereocenters. The third kappa shape index (κ3) is 2.80. The molecule has 2 aromatic rings. The number of ether oxygens (including phenoxy) is 1. The van der Waals surface area contributed by atoms with E-state index in [1.807, 2.05) is 12.3 Å². The van der Waals surface area contributed by atoms with E-state index in [1.165, 1.54) is 12.0 Å². The number of phenolic OH excluding ortho intramolecular Hbond substituents is 1. The minimum atomic E-state index is 0.137. The highest BCUT2D eigenvalue weighted by Crippen LogP contribution is 2.33. The molecule has 1 heterocycles. The highest BCUT2D eigenvalue weighted by atomic mass is 32.1. The Morgan fingerprint density at radius 2 is 2.28 bits per heavy atom. The van der Waals surface area contributed by atoms with Crippen LogP contribution in [0.25, 0.3) is 10.6 Å². The summed E-state index contributed by atoms with van der Waals surface area (Å²) >= 11 is 1.62. The van der Waals surface area contributed by atoms with Crippen molar-refractivity contribution in [3.8, 4) is 22.1 Å². The average Bonchev–Trinajstić information content (AvgIpc) is 2.85. The summed E-state index contributed by atoms with van der Waals surface area (Å²) in [7, 11) is 1.53. The van der Waals surface area contributed by atoms with Gasteiger partial charge in [-0.3, -0.25) is 0 Å². The van der Waals surface area contributed by atoms with Gasteiger partial charge < -0.3 is 15.2 Å². The SMILES string of the molecule is CCNCc1cnc(-c2ccc(OC)c(O)c2)s1. The molecule has 0 radical (unpaired) electrons. The molecule has 0 spiro atoms. The fraction of sp³-hybridized carbons (Fsp3) is 0.308. The Hall–Kier alpha value is -1.59. The van der Waals surface area contributed by atoms with E-state index in [4.69, 9.17) is 4.74 Å². The van der Waals surface area contributed by atoms with E-state index >= 15 is 0 Å². The largest absolute Gasteiger partial charge is 0.504 e. The molecule has 0 aliphatic carbocycles. The molecular weight excluding hydrogens is 248 g/mol. The molecule has 1 aromatic heterocycles. The monoisotopic (exact) mass is 264 g/mol. The smallest absolute Gasteiger partial charge is 0.160 e. The van der Waals surface area contributed by atoms with E-state index in [0.717, 1.165) is 23.7 Å². The molecule has 0 bridgehead atoms.